The van der Waals surface area contributed by atoms with E-state index in [0.717, 1.165) is 19.1 Å². The van der Waals surface area contributed by atoms with Gasteiger partial charge in [0.2, 0.25) is 0 Å². The SMILES string of the molecule is Cl.NCC1CC2(CCCO2)C1. The summed E-state index contributed by atoms with van der Waals surface area (Å²) in [6.45, 7) is 1.84. The van der Waals surface area contributed by atoms with Crippen LogP contribution in [0.5, 0.6) is 0 Å². The van der Waals surface area contributed by atoms with Crippen molar-refractivity contribution in [3.63, 3.8) is 0 Å². The minimum Gasteiger partial charge on any atom is -0.375 e. The number of rotatable bonds is 1. The zero-order valence-electron chi connectivity index (χ0n) is 6.71. The zero-order valence-corrected chi connectivity index (χ0v) is 7.53. The summed E-state index contributed by atoms with van der Waals surface area (Å²) in [5, 5.41) is 0. The summed E-state index contributed by atoms with van der Waals surface area (Å²) in [4.78, 5) is 0. The Bertz CT molecular complexity index is 126. The van der Waals surface area contributed by atoms with E-state index in [4.69, 9.17) is 10.5 Å². The molecule has 0 radical (unpaired) electrons. The summed E-state index contributed by atoms with van der Waals surface area (Å²) in [5.41, 5.74) is 5.84. The molecule has 11 heavy (non-hydrogen) atoms. The van der Waals surface area contributed by atoms with Gasteiger partial charge in [-0.2, -0.15) is 0 Å². The van der Waals surface area contributed by atoms with Crippen LogP contribution >= 0.6 is 12.4 Å². The van der Waals surface area contributed by atoms with Gasteiger partial charge in [0.25, 0.3) is 0 Å². The summed E-state index contributed by atoms with van der Waals surface area (Å²) in [5.74, 6) is 0.762. The molecular weight excluding hydrogens is 162 g/mol. The van der Waals surface area contributed by atoms with Gasteiger partial charge in [-0.05, 0) is 38.1 Å². The Labute approximate surface area is 73.9 Å². The first-order valence-corrected chi connectivity index (χ1v) is 4.19. The van der Waals surface area contributed by atoms with Gasteiger partial charge in [-0.3, -0.25) is 0 Å². The molecule has 2 N–H and O–H groups in total. The van der Waals surface area contributed by atoms with E-state index in [1.165, 1.54) is 25.7 Å². The van der Waals surface area contributed by atoms with Crippen molar-refractivity contribution in [2.24, 2.45) is 11.7 Å². The van der Waals surface area contributed by atoms with Gasteiger partial charge in [0.05, 0.1) is 5.60 Å². The summed E-state index contributed by atoms with van der Waals surface area (Å²) in [6, 6.07) is 0. The summed E-state index contributed by atoms with van der Waals surface area (Å²) in [7, 11) is 0. The van der Waals surface area contributed by atoms with E-state index < -0.39 is 0 Å². The van der Waals surface area contributed by atoms with E-state index in [0.29, 0.717) is 5.60 Å². The molecule has 0 atom stereocenters. The Morgan fingerprint density at radius 3 is 2.64 bits per heavy atom. The van der Waals surface area contributed by atoms with Crippen LogP contribution in [0.1, 0.15) is 25.7 Å². The highest BCUT2D eigenvalue weighted by atomic mass is 35.5. The minimum absolute atomic E-state index is 0. The molecule has 0 aromatic rings. The van der Waals surface area contributed by atoms with E-state index in [2.05, 4.69) is 0 Å². The van der Waals surface area contributed by atoms with Crippen LogP contribution in [0.15, 0.2) is 0 Å². The highest BCUT2D eigenvalue weighted by Crippen LogP contribution is 2.46. The van der Waals surface area contributed by atoms with E-state index in [1.54, 1.807) is 0 Å². The van der Waals surface area contributed by atoms with Crippen LogP contribution in [0.3, 0.4) is 0 Å². The minimum atomic E-state index is 0. The lowest BCUT2D eigenvalue weighted by Crippen LogP contribution is -2.45. The predicted molar refractivity (Wildman–Crippen MR) is 46.9 cm³/mol. The second-order valence-corrected chi connectivity index (χ2v) is 3.65. The molecule has 0 bridgehead atoms. The molecule has 66 valence electrons. The molecule has 2 fully saturated rings. The summed E-state index contributed by atoms with van der Waals surface area (Å²) < 4.78 is 5.65. The van der Waals surface area contributed by atoms with Crippen LogP contribution in [0.25, 0.3) is 0 Å². The third kappa shape index (κ3) is 1.53. The molecule has 1 aliphatic carbocycles. The first-order chi connectivity index (χ1) is 4.85. The van der Waals surface area contributed by atoms with Gasteiger partial charge in [-0.15, -0.1) is 12.4 Å². The molecule has 1 saturated carbocycles. The fourth-order valence-corrected chi connectivity index (χ4v) is 2.24. The van der Waals surface area contributed by atoms with Crippen molar-refractivity contribution in [1.82, 2.24) is 0 Å². The molecule has 1 spiro atoms. The molecule has 3 heteroatoms. The molecule has 1 saturated heterocycles. The highest BCUT2D eigenvalue weighted by molar-refractivity contribution is 5.85. The molecule has 2 aliphatic rings. The van der Waals surface area contributed by atoms with Gasteiger partial charge >= 0.3 is 0 Å². The van der Waals surface area contributed by atoms with Gasteiger partial charge in [0.1, 0.15) is 0 Å². The van der Waals surface area contributed by atoms with Crippen molar-refractivity contribution in [2.45, 2.75) is 31.3 Å². The third-order valence-corrected chi connectivity index (χ3v) is 2.84. The number of hydrogen-bond acceptors (Lipinski definition) is 2. The summed E-state index contributed by atoms with van der Waals surface area (Å²) in [6.07, 6.45) is 4.99. The molecule has 0 unspecified atom stereocenters. The van der Waals surface area contributed by atoms with E-state index in [1.807, 2.05) is 0 Å². The van der Waals surface area contributed by atoms with Gasteiger partial charge in [-0.1, -0.05) is 0 Å². The van der Waals surface area contributed by atoms with Gasteiger partial charge in [0.15, 0.2) is 0 Å². The van der Waals surface area contributed by atoms with E-state index >= 15 is 0 Å². The quantitative estimate of drug-likeness (QED) is 0.656. The second kappa shape index (κ2) is 3.30. The maximum absolute atomic E-state index is 5.65. The Hall–Kier alpha value is 0.210. The normalized spacial score (nSPS) is 41.7. The molecule has 1 heterocycles. The lowest BCUT2D eigenvalue weighted by Gasteiger charge is -2.43. The Balaban J connectivity index is 0.000000605. The maximum Gasteiger partial charge on any atom is 0.0689 e. The van der Waals surface area contributed by atoms with Crippen molar-refractivity contribution in [2.75, 3.05) is 13.2 Å². The van der Waals surface area contributed by atoms with Crippen molar-refractivity contribution in [3.8, 4) is 0 Å². The summed E-state index contributed by atoms with van der Waals surface area (Å²) >= 11 is 0. The van der Waals surface area contributed by atoms with Crippen molar-refractivity contribution in [1.29, 1.82) is 0 Å². The first-order valence-electron chi connectivity index (χ1n) is 4.19. The van der Waals surface area contributed by atoms with Gasteiger partial charge in [0, 0.05) is 6.61 Å². The number of halogens is 1. The number of ether oxygens (including phenoxy) is 1. The second-order valence-electron chi connectivity index (χ2n) is 3.65. The van der Waals surface area contributed by atoms with Crippen LogP contribution in [0.4, 0.5) is 0 Å². The smallest absolute Gasteiger partial charge is 0.0689 e. The van der Waals surface area contributed by atoms with Crippen molar-refractivity contribution >= 4 is 12.4 Å². The van der Waals surface area contributed by atoms with Crippen LogP contribution in [-0.2, 0) is 4.74 Å². The average molecular weight is 178 g/mol. The average Bonchev–Trinajstić information content (AvgIpc) is 2.30. The molecule has 0 aromatic carbocycles. The molecular formula is C8H16ClNO. The van der Waals surface area contributed by atoms with Crippen LogP contribution in [0.2, 0.25) is 0 Å². The van der Waals surface area contributed by atoms with Gasteiger partial charge in [-0.25, -0.2) is 0 Å². The fraction of sp³-hybridized carbons (Fsp3) is 1.00. The maximum atomic E-state index is 5.65. The largest absolute Gasteiger partial charge is 0.375 e. The standard InChI is InChI=1S/C8H15NO.ClH/c9-6-7-4-8(5-7)2-1-3-10-8;/h7H,1-6,9H2;1H. The van der Waals surface area contributed by atoms with Crippen LogP contribution < -0.4 is 5.73 Å². The zero-order chi connectivity index (χ0) is 7.03. The van der Waals surface area contributed by atoms with Crippen LogP contribution in [-0.4, -0.2) is 18.8 Å². The first kappa shape index (κ1) is 9.30. The fourth-order valence-electron chi connectivity index (χ4n) is 2.24. The molecule has 1 aliphatic heterocycles. The Morgan fingerprint density at radius 2 is 2.18 bits per heavy atom. The highest BCUT2D eigenvalue weighted by Gasteiger charge is 2.46. The lowest BCUT2D eigenvalue weighted by molar-refractivity contribution is -0.0877. The molecule has 2 rings (SSSR count). The van der Waals surface area contributed by atoms with E-state index in [-0.39, 0.29) is 12.4 Å². The van der Waals surface area contributed by atoms with E-state index in [9.17, 15) is 0 Å². The third-order valence-electron chi connectivity index (χ3n) is 2.84. The molecule has 2 nitrogen and oxygen atoms in total. The topological polar surface area (TPSA) is 35.2 Å². The lowest BCUT2D eigenvalue weighted by atomic mass is 9.69. The number of nitrogens with two attached hydrogens (primary N) is 1. The molecule has 0 aromatic heterocycles. The Morgan fingerprint density at radius 1 is 1.45 bits per heavy atom. The predicted octanol–water partition coefficient (Wildman–Crippen LogP) is 1.33. The molecule has 0 amide bonds. The van der Waals surface area contributed by atoms with Crippen molar-refractivity contribution < 1.29 is 4.74 Å². The number of hydrogen-bond donors (Lipinski definition) is 1. The Kier molecular flexibility index (Phi) is 2.79. The van der Waals surface area contributed by atoms with Crippen molar-refractivity contribution in [3.05, 3.63) is 0 Å². The van der Waals surface area contributed by atoms with Gasteiger partial charge < -0.3 is 10.5 Å². The van der Waals surface area contributed by atoms with Crippen LogP contribution in [0, 0.1) is 5.92 Å². The monoisotopic (exact) mass is 177 g/mol.